The summed E-state index contributed by atoms with van der Waals surface area (Å²) in [7, 11) is 1.30. The zero-order valence-electron chi connectivity index (χ0n) is 29.3. The van der Waals surface area contributed by atoms with Gasteiger partial charge in [-0.25, -0.2) is 0 Å². The van der Waals surface area contributed by atoms with Crippen LogP contribution >= 0.6 is 0 Å². The van der Waals surface area contributed by atoms with E-state index in [0.29, 0.717) is 42.7 Å². The highest BCUT2D eigenvalue weighted by Gasteiger charge is 2.52. The average molecular weight is 666 g/mol. The van der Waals surface area contributed by atoms with E-state index >= 15 is 0 Å². The molecule has 1 saturated heterocycles. The summed E-state index contributed by atoms with van der Waals surface area (Å²) in [5.41, 5.74) is 10.2. The number of H-pyrrole nitrogens is 2. The number of nitrogens with zero attached hydrogens (tertiary/aromatic N) is 1. The number of hydrogen-bond acceptors (Lipinski definition) is 7. The van der Waals surface area contributed by atoms with Crippen molar-refractivity contribution in [1.29, 1.82) is 0 Å². The van der Waals surface area contributed by atoms with Gasteiger partial charge in [-0.3, -0.25) is 19.4 Å². The zero-order chi connectivity index (χ0) is 35.1. The third-order valence-electron chi connectivity index (χ3n) is 10.7. The number of aromatic amines is 2. The van der Waals surface area contributed by atoms with E-state index in [4.69, 9.17) is 14.8 Å². The van der Waals surface area contributed by atoms with Gasteiger partial charge >= 0.3 is 5.97 Å². The predicted molar refractivity (Wildman–Crippen MR) is 192 cm³/mol. The summed E-state index contributed by atoms with van der Waals surface area (Å²) >= 11 is 0. The van der Waals surface area contributed by atoms with Crippen molar-refractivity contribution < 1.29 is 24.2 Å². The molecule has 10 nitrogen and oxygen atoms in total. The van der Waals surface area contributed by atoms with E-state index in [1.807, 2.05) is 13.0 Å². The summed E-state index contributed by atoms with van der Waals surface area (Å²) in [6, 6.07) is -0.396. The first-order valence-electron chi connectivity index (χ1n) is 17.3. The van der Waals surface area contributed by atoms with E-state index in [0.717, 1.165) is 62.2 Å². The van der Waals surface area contributed by atoms with E-state index in [9.17, 15) is 14.4 Å². The van der Waals surface area contributed by atoms with Gasteiger partial charge in [0.1, 0.15) is 5.92 Å². The molecule has 2 aromatic rings. The number of aliphatic hydroxyl groups is 1. The molecule has 0 aromatic carbocycles. The van der Waals surface area contributed by atoms with Gasteiger partial charge in [0.05, 0.1) is 18.9 Å². The number of hydrogen-bond donors (Lipinski definition) is 5. The Balaban J connectivity index is 1.58. The first-order valence-corrected chi connectivity index (χ1v) is 17.3. The number of unbranched alkanes of at least 4 members (excludes halogenated alkanes) is 1. The van der Waals surface area contributed by atoms with Gasteiger partial charge in [0.25, 0.3) is 0 Å². The number of Topliss-reactive ketones (excluding diaryl/α,β-unsaturated/α-hetero) is 1. The van der Waals surface area contributed by atoms with Gasteiger partial charge in [0.15, 0.2) is 5.78 Å². The Kier molecular flexibility index (Phi) is 9.53. The molecule has 1 saturated carbocycles. The Morgan fingerprint density at radius 2 is 1.88 bits per heavy atom. The summed E-state index contributed by atoms with van der Waals surface area (Å²) in [6.45, 7) is 15.0. The molecule has 1 amide bonds. The number of aliphatic hydroxyl groups excluding tert-OH is 1. The van der Waals surface area contributed by atoms with Crippen LogP contribution in [0, 0.1) is 31.6 Å². The highest BCUT2D eigenvalue weighted by Crippen LogP contribution is 2.46. The van der Waals surface area contributed by atoms with Crippen LogP contribution in [-0.2, 0) is 25.5 Å². The van der Waals surface area contributed by atoms with Gasteiger partial charge < -0.3 is 30.4 Å². The minimum atomic E-state index is -1.15. The normalized spacial score (nSPS) is 22.4. The number of nitrogens with one attached hydrogen (secondary N) is 4. The number of rotatable bonds is 10. The van der Waals surface area contributed by atoms with Gasteiger partial charge in [0.2, 0.25) is 5.91 Å². The number of ketones is 1. The summed E-state index contributed by atoms with van der Waals surface area (Å²) in [5, 5.41) is 17.7. The number of allylic oxidation sites excluding steroid dienone is 3. The largest absolute Gasteiger partial charge is 0.468 e. The number of amides is 1. The molecule has 5 heterocycles. The molecule has 4 aliphatic rings. The molecular weight excluding hydrogens is 618 g/mol. The lowest BCUT2D eigenvalue weighted by Crippen LogP contribution is -2.28. The van der Waals surface area contributed by atoms with Crippen LogP contribution in [0.4, 0.5) is 0 Å². The molecule has 5 N–H and O–H groups in total. The van der Waals surface area contributed by atoms with Crippen LogP contribution < -0.4 is 21.3 Å². The smallest absolute Gasteiger partial charge is 0.321 e. The molecule has 4 unspecified atom stereocenters. The van der Waals surface area contributed by atoms with Crippen molar-refractivity contribution in [1.82, 2.24) is 20.6 Å². The molecule has 258 valence electrons. The maximum Gasteiger partial charge on any atom is 0.321 e. The number of esters is 1. The Morgan fingerprint density at radius 1 is 1.10 bits per heavy atom. The molecule has 4 atom stereocenters. The van der Waals surface area contributed by atoms with E-state index in [-0.39, 0.29) is 36.6 Å². The first-order chi connectivity index (χ1) is 23.5. The third kappa shape index (κ3) is 5.86. The summed E-state index contributed by atoms with van der Waals surface area (Å²) in [5.74, 6) is -2.43. The van der Waals surface area contributed by atoms with Crippen molar-refractivity contribution in [2.45, 2.75) is 72.8 Å². The van der Waals surface area contributed by atoms with Crippen molar-refractivity contribution in [2.24, 2.45) is 22.7 Å². The SMILES string of the molecule is C=Cc1c2[nH]c(c1C)C=C1NC(=C3C4=NC(C=c5[nH]c(c(C)c5CC)=C2)C(C)=C4C(=O)C3C(=O)OC)C(CCC(=O)NCCCCO)C1C. The number of carbonyl (C=O) groups excluding carboxylic acids is 3. The van der Waals surface area contributed by atoms with Crippen LogP contribution in [0.25, 0.3) is 24.3 Å². The van der Waals surface area contributed by atoms with Gasteiger partial charge in [0, 0.05) is 81.6 Å². The molecule has 8 bridgehead atoms. The highest BCUT2D eigenvalue weighted by atomic mass is 16.5. The second-order valence-corrected chi connectivity index (χ2v) is 13.5. The number of carbonyl (C=O) groups is 3. The molecule has 49 heavy (non-hydrogen) atoms. The molecule has 2 aromatic heterocycles. The zero-order valence-corrected chi connectivity index (χ0v) is 29.3. The summed E-state index contributed by atoms with van der Waals surface area (Å²) in [4.78, 5) is 53.0. The van der Waals surface area contributed by atoms with E-state index < -0.39 is 17.9 Å². The number of aliphatic imine (C=N–C) groups is 1. The van der Waals surface area contributed by atoms with Crippen molar-refractivity contribution in [3.05, 3.63) is 79.0 Å². The van der Waals surface area contributed by atoms with Crippen molar-refractivity contribution in [3.63, 3.8) is 0 Å². The Morgan fingerprint density at radius 3 is 2.57 bits per heavy atom. The molecule has 0 spiro atoms. The number of ether oxygens (including phenoxy) is 1. The second-order valence-electron chi connectivity index (χ2n) is 13.5. The van der Waals surface area contributed by atoms with E-state index in [1.165, 1.54) is 12.7 Å². The van der Waals surface area contributed by atoms with Gasteiger partial charge in [-0.15, -0.1) is 0 Å². The fourth-order valence-corrected chi connectivity index (χ4v) is 7.90. The Labute approximate surface area is 286 Å². The lowest BCUT2D eigenvalue weighted by Gasteiger charge is -2.19. The quantitative estimate of drug-likeness (QED) is 0.149. The van der Waals surface area contributed by atoms with Gasteiger partial charge in [-0.05, 0) is 86.9 Å². The maximum atomic E-state index is 14.2. The summed E-state index contributed by atoms with van der Waals surface area (Å²) < 4.78 is 5.22. The maximum absolute atomic E-state index is 14.2. The lowest BCUT2D eigenvalue weighted by molar-refractivity contribution is -0.146. The minimum absolute atomic E-state index is 0.0746. The fourth-order valence-electron chi connectivity index (χ4n) is 7.90. The highest BCUT2D eigenvalue weighted by molar-refractivity contribution is 6.42. The van der Waals surface area contributed by atoms with Gasteiger partial charge in [-0.1, -0.05) is 26.5 Å². The number of aromatic nitrogens is 2. The first kappa shape index (κ1) is 34.2. The predicted octanol–water partition coefficient (Wildman–Crippen LogP) is 3.42. The van der Waals surface area contributed by atoms with Crippen LogP contribution in [0.3, 0.4) is 0 Å². The van der Waals surface area contributed by atoms with Crippen molar-refractivity contribution >= 4 is 47.7 Å². The molecule has 3 aliphatic heterocycles. The molecular formula is C39H47N5O5. The van der Waals surface area contributed by atoms with Gasteiger partial charge in [-0.2, -0.15) is 0 Å². The number of fused-ring (bicyclic) bond motifs is 7. The van der Waals surface area contributed by atoms with Crippen LogP contribution in [0.1, 0.15) is 80.1 Å². The van der Waals surface area contributed by atoms with E-state index in [2.05, 4.69) is 73.1 Å². The third-order valence-corrected chi connectivity index (χ3v) is 10.7. The second kappa shape index (κ2) is 13.7. The fraction of sp³-hybridized carbons (Fsp3) is 0.436. The van der Waals surface area contributed by atoms with Crippen LogP contribution in [0.15, 0.2) is 39.7 Å². The van der Waals surface area contributed by atoms with E-state index in [1.54, 1.807) is 0 Å². The Hall–Kier alpha value is -4.70. The van der Waals surface area contributed by atoms with Crippen LogP contribution in [0.5, 0.6) is 0 Å². The van der Waals surface area contributed by atoms with Crippen molar-refractivity contribution in [2.75, 3.05) is 20.3 Å². The monoisotopic (exact) mass is 665 g/mol. The lowest BCUT2D eigenvalue weighted by atomic mass is 9.85. The standard InChI is InChI=1S/C39H47N5O5/c1-8-23-19(3)26-16-28-21(5)25(12-13-32(46)40-14-10-11-15-45)36(43-28)34-35(39(48)49-7)38(47)33-22(6)29(44-37(33)34)18-31-24(9-2)20(4)27(42-31)17-30(23)41-26/h8,16-18,21,25,29,35,41-43,45H,1,9-15H2,2-7H3,(H,40,46). The minimum Gasteiger partial charge on any atom is -0.468 e. The molecule has 1 aliphatic carbocycles. The Bertz CT molecular complexity index is 2000. The van der Waals surface area contributed by atoms with Crippen LogP contribution in [0.2, 0.25) is 0 Å². The molecule has 0 radical (unpaired) electrons. The molecule has 2 fully saturated rings. The number of methoxy groups -OCH3 is 1. The molecule has 6 rings (SSSR count). The van der Waals surface area contributed by atoms with Crippen LogP contribution in [-0.4, -0.2) is 64.7 Å². The van der Waals surface area contributed by atoms with Crippen molar-refractivity contribution in [3.8, 4) is 0 Å². The average Bonchev–Trinajstić information content (AvgIpc) is 3.82. The topological polar surface area (TPSA) is 149 Å². The summed E-state index contributed by atoms with van der Waals surface area (Å²) in [6.07, 6.45) is 11.1. The molecule has 10 heteroatoms.